The Kier molecular flexibility index (Phi) is 6.10. The summed E-state index contributed by atoms with van der Waals surface area (Å²) in [6.45, 7) is 2.39. The van der Waals surface area contributed by atoms with Crippen molar-refractivity contribution in [3.05, 3.63) is 16.3 Å². The van der Waals surface area contributed by atoms with E-state index in [9.17, 15) is 13.2 Å². The van der Waals surface area contributed by atoms with Crippen molar-refractivity contribution in [3.63, 3.8) is 0 Å². The number of piperidine rings is 1. The molecule has 2 fully saturated rings. The number of likely N-dealkylation sites (tertiary alicyclic amines) is 1. The quantitative estimate of drug-likeness (QED) is 0.765. The highest BCUT2D eigenvalue weighted by Gasteiger charge is 2.34. The van der Waals surface area contributed by atoms with Gasteiger partial charge in [-0.25, -0.2) is 8.42 Å². The fourth-order valence-electron chi connectivity index (χ4n) is 3.29. The first-order valence-electron chi connectivity index (χ1n) is 8.52. The van der Waals surface area contributed by atoms with E-state index in [-0.39, 0.29) is 10.8 Å². The zero-order valence-corrected chi connectivity index (χ0v) is 17.1. The van der Waals surface area contributed by atoms with E-state index in [1.807, 2.05) is 19.0 Å². The van der Waals surface area contributed by atoms with Crippen LogP contribution in [-0.2, 0) is 10.0 Å². The molecule has 3 heterocycles. The highest BCUT2D eigenvalue weighted by atomic mass is 32.2. The van der Waals surface area contributed by atoms with Gasteiger partial charge in [-0.1, -0.05) is 0 Å². The number of hydrogen-bond acceptors (Lipinski definition) is 6. The molecule has 25 heavy (non-hydrogen) atoms. The first kappa shape index (κ1) is 19.2. The van der Waals surface area contributed by atoms with Gasteiger partial charge in [-0.2, -0.15) is 16.1 Å². The normalized spacial score (nSPS) is 23.2. The van der Waals surface area contributed by atoms with Crippen LogP contribution in [0.25, 0.3) is 0 Å². The lowest BCUT2D eigenvalue weighted by atomic mass is 10.0. The highest BCUT2D eigenvalue weighted by molar-refractivity contribution is 7.99. The Hall–Kier alpha value is -0.610. The van der Waals surface area contributed by atoms with Crippen LogP contribution < -0.4 is 0 Å². The fourth-order valence-corrected chi connectivity index (χ4v) is 7.22. The molecule has 1 amide bonds. The van der Waals surface area contributed by atoms with E-state index >= 15 is 0 Å². The fraction of sp³-hybridized carbons (Fsp3) is 0.688. The third-order valence-electron chi connectivity index (χ3n) is 4.83. The lowest BCUT2D eigenvalue weighted by Gasteiger charge is -2.36. The minimum Gasteiger partial charge on any atom is -0.336 e. The van der Waals surface area contributed by atoms with Gasteiger partial charge in [0.15, 0.2) is 0 Å². The van der Waals surface area contributed by atoms with Gasteiger partial charge in [0.25, 0.3) is 5.91 Å². The third-order valence-corrected chi connectivity index (χ3v) is 8.74. The van der Waals surface area contributed by atoms with Crippen LogP contribution in [0.2, 0.25) is 0 Å². The summed E-state index contributed by atoms with van der Waals surface area (Å²) >= 11 is 3.00. The molecular formula is C16H25N3O3S3. The minimum absolute atomic E-state index is 0.147. The molecule has 0 N–H and O–H groups in total. The molecule has 9 heteroatoms. The molecule has 0 radical (unpaired) electrons. The second-order valence-corrected chi connectivity index (χ2v) is 10.7. The molecule has 1 unspecified atom stereocenters. The van der Waals surface area contributed by atoms with Crippen LogP contribution in [0, 0.1) is 0 Å². The van der Waals surface area contributed by atoms with Crippen molar-refractivity contribution in [3.8, 4) is 0 Å². The summed E-state index contributed by atoms with van der Waals surface area (Å²) in [7, 11) is 0.453. The van der Waals surface area contributed by atoms with E-state index in [1.54, 1.807) is 23.2 Å². The van der Waals surface area contributed by atoms with Crippen molar-refractivity contribution < 1.29 is 13.2 Å². The van der Waals surface area contributed by atoms with Crippen molar-refractivity contribution in [1.82, 2.24) is 14.1 Å². The maximum absolute atomic E-state index is 13.0. The SMILES string of the molecule is CN(C)C1CCCN(C(=O)c2sccc2S(=O)(=O)N2CCSCC2)C1. The first-order valence-corrected chi connectivity index (χ1v) is 12.0. The maximum atomic E-state index is 13.0. The van der Waals surface area contributed by atoms with Crippen LogP contribution in [0.1, 0.15) is 22.5 Å². The van der Waals surface area contributed by atoms with Gasteiger partial charge in [-0.15, -0.1) is 11.3 Å². The summed E-state index contributed by atoms with van der Waals surface area (Å²) in [4.78, 5) is 17.5. The number of sulfonamides is 1. The highest BCUT2D eigenvalue weighted by Crippen LogP contribution is 2.29. The number of thiophene rings is 1. The second-order valence-electron chi connectivity index (χ2n) is 6.64. The monoisotopic (exact) mass is 403 g/mol. The summed E-state index contributed by atoms with van der Waals surface area (Å²) in [6.07, 6.45) is 2.02. The van der Waals surface area contributed by atoms with Crippen molar-refractivity contribution in [2.24, 2.45) is 0 Å². The van der Waals surface area contributed by atoms with E-state index < -0.39 is 10.0 Å². The average Bonchev–Trinajstić information content (AvgIpc) is 3.12. The molecule has 1 atom stereocenters. The smallest absolute Gasteiger partial charge is 0.265 e. The zero-order chi connectivity index (χ0) is 18.0. The number of nitrogens with zero attached hydrogens (tertiary/aromatic N) is 3. The van der Waals surface area contributed by atoms with Crippen molar-refractivity contribution >= 4 is 39.0 Å². The van der Waals surface area contributed by atoms with Gasteiger partial charge >= 0.3 is 0 Å². The maximum Gasteiger partial charge on any atom is 0.265 e. The molecule has 140 valence electrons. The van der Waals surface area contributed by atoms with Gasteiger partial charge in [-0.05, 0) is 38.4 Å². The van der Waals surface area contributed by atoms with Crippen LogP contribution in [-0.4, -0.2) is 86.3 Å². The number of hydrogen-bond donors (Lipinski definition) is 0. The molecular weight excluding hydrogens is 378 g/mol. The number of thioether (sulfide) groups is 1. The van der Waals surface area contributed by atoms with E-state index in [0.717, 1.165) is 24.3 Å². The van der Waals surface area contributed by atoms with Gasteiger partial charge in [-0.3, -0.25) is 4.79 Å². The Labute approximate surface area is 158 Å². The topological polar surface area (TPSA) is 60.9 Å². The number of amides is 1. The van der Waals surface area contributed by atoms with Crippen LogP contribution in [0.15, 0.2) is 16.3 Å². The number of carbonyl (C=O) groups is 1. The standard InChI is InChI=1S/C16H25N3O3S3/c1-17(2)13-4-3-6-18(12-13)16(20)15-14(5-9-24-15)25(21,22)19-7-10-23-11-8-19/h5,9,13H,3-4,6-8,10-12H2,1-2H3. The first-order chi connectivity index (χ1) is 11.9. The summed E-state index contributed by atoms with van der Waals surface area (Å²) in [5.74, 6) is 1.47. The molecule has 0 aliphatic carbocycles. The van der Waals surface area contributed by atoms with Crippen LogP contribution in [0.3, 0.4) is 0 Å². The molecule has 0 aromatic carbocycles. The molecule has 2 saturated heterocycles. The van der Waals surface area contributed by atoms with E-state index in [2.05, 4.69) is 4.90 Å². The number of rotatable bonds is 4. The van der Waals surface area contributed by atoms with E-state index in [4.69, 9.17) is 0 Å². The summed E-state index contributed by atoms with van der Waals surface area (Å²) in [6, 6.07) is 1.92. The molecule has 3 rings (SSSR count). The van der Waals surface area contributed by atoms with E-state index in [0.29, 0.717) is 37.1 Å². The van der Waals surface area contributed by atoms with Crippen molar-refractivity contribution in [2.75, 3.05) is 51.8 Å². The van der Waals surface area contributed by atoms with E-state index in [1.165, 1.54) is 15.6 Å². The lowest BCUT2D eigenvalue weighted by Crippen LogP contribution is -2.47. The second kappa shape index (κ2) is 7.96. The minimum atomic E-state index is -3.59. The molecule has 2 aliphatic rings. The largest absolute Gasteiger partial charge is 0.336 e. The lowest BCUT2D eigenvalue weighted by molar-refractivity contribution is 0.0636. The van der Waals surface area contributed by atoms with Crippen molar-refractivity contribution in [2.45, 2.75) is 23.8 Å². The average molecular weight is 404 g/mol. The van der Waals surface area contributed by atoms with Gasteiger partial charge < -0.3 is 9.80 Å². The Morgan fingerprint density at radius 3 is 2.64 bits per heavy atom. The predicted molar refractivity (Wildman–Crippen MR) is 103 cm³/mol. The molecule has 0 bridgehead atoms. The molecule has 1 aromatic rings. The molecule has 0 saturated carbocycles. The molecule has 1 aromatic heterocycles. The molecule has 0 spiro atoms. The van der Waals surface area contributed by atoms with Gasteiger partial charge in [0.05, 0.1) is 0 Å². The number of likely N-dealkylation sites (N-methyl/N-ethyl adjacent to an activating group) is 1. The van der Waals surface area contributed by atoms with Crippen LogP contribution >= 0.6 is 23.1 Å². The Morgan fingerprint density at radius 2 is 1.96 bits per heavy atom. The predicted octanol–water partition coefficient (Wildman–Crippen LogP) is 1.65. The number of carbonyl (C=O) groups excluding carboxylic acids is 1. The third kappa shape index (κ3) is 4.05. The Morgan fingerprint density at radius 1 is 1.24 bits per heavy atom. The van der Waals surface area contributed by atoms with Crippen LogP contribution in [0.5, 0.6) is 0 Å². The zero-order valence-electron chi connectivity index (χ0n) is 14.7. The Bertz CT molecular complexity index is 711. The molecule has 2 aliphatic heterocycles. The molecule has 6 nitrogen and oxygen atoms in total. The summed E-state index contributed by atoms with van der Waals surface area (Å²) in [5.41, 5.74) is 0. The van der Waals surface area contributed by atoms with Crippen molar-refractivity contribution in [1.29, 1.82) is 0 Å². The van der Waals surface area contributed by atoms with Gasteiger partial charge in [0.1, 0.15) is 9.77 Å². The van der Waals surface area contributed by atoms with Gasteiger partial charge in [0, 0.05) is 43.7 Å². The summed E-state index contributed by atoms with van der Waals surface area (Å²) in [5, 5.41) is 1.71. The van der Waals surface area contributed by atoms with Crippen LogP contribution in [0.4, 0.5) is 0 Å². The summed E-state index contributed by atoms with van der Waals surface area (Å²) < 4.78 is 27.5. The Balaban J connectivity index is 1.82. The van der Waals surface area contributed by atoms with Gasteiger partial charge in [0.2, 0.25) is 10.0 Å².